The van der Waals surface area contributed by atoms with Crippen LogP contribution in [-0.4, -0.2) is 43.1 Å². The first-order valence-corrected chi connectivity index (χ1v) is 9.97. The van der Waals surface area contributed by atoms with Crippen LogP contribution in [0.25, 0.3) is 0 Å². The van der Waals surface area contributed by atoms with Gasteiger partial charge in [0.15, 0.2) is 0 Å². The monoisotopic (exact) mass is 358 g/mol. The summed E-state index contributed by atoms with van der Waals surface area (Å²) in [4.78, 5) is 28.8. The predicted molar refractivity (Wildman–Crippen MR) is 102 cm³/mol. The third-order valence-corrected chi connectivity index (χ3v) is 5.20. The number of hydrogen-bond acceptors (Lipinski definition) is 3. The first kappa shape index (κ1) is 18.7. The van der Waals surface area contributed by atoms with E-state index in [-0.39, 0.29) is 17.9 Å². The third kappa shape index (κ3) is 4.99. The van der Waals surface area contributed by atoms with Crippen molar-refractivity contribution < 1.29 is 14.3 Å². The normalized spacial score (nSPS) is 19.9. The molecule has 0 bridgehead atoms. The molecule has 2 aliphatic rings. The van der Waals surface area contributed by atoms with Crippen molar-refractivity contribution in [2.45, 2.75) is 45.4 Å². The van der Waals surface area contributed by atoms with Crippen LogP contribution in [0.2, 0.25) is 0 Å². The van der Waals surface area contributed by atoms with Crippen molar-refractivity contribution >= 4 is 17.7 Å². The lowest BCUT2D eigenvalue weighted by Crippen LogP contribution is -2.45. The zero-order valence-electron chi connectivity index (χ0n) is 15.7. The Kier molecular flexibility index (Phi) is 6.53. The summed E-state index contributed by atoms with van der Waals surface area (Å²) >= 11 is 0. The summed E-state index contributed by atoms with van der Waals surface area (Å²) in [5.41, 5.74) is 0.965. The van der Waals surface area contributed by atoms with Gasteiger partial charge in [-0.3, -0.25) is 4.79 Å². The molecule has 2 amide bonds. The number of ether oxygens (including phenoxy) is 1. The number of nitrogens with zero attached hydrogens (tertiary/aromatic N) is 2. The highest BCUT2D eigenvalue weighted by Gasteiger charge is 2.36. The molecule has 1 aliphatic carbocycles. The van der Waals surface area contributed by atoms with Gasteiger partial charge in [-0.25, -0.2) is 4.79 Å². The van der Waals surface area contributed by atoms with Crippen molar-refractivity contribution in [3.8, 4) is 0 Å². The Hall–Kier alpha value is -2.04. The summed E-state index contributed by atoms with van der Waals surface area (Å²) in [6.45, 7) is 4.68. The van der Waals surface area contributed by atoms with E-state index < -0.39 is 0 Å². The fourth-order valence-electron chi connectivity index (χ4n) is 3.51. The lowest BCUT2D eigenvalue weighted by molar-refractivity contribution is -0.120. The van der Waals surface area contributed by atoms with Crippen LogP contribution in [0.5, 0.6) is 0 Å². The Bertz CT molecular complexity index is 601. The van der Waals surface area contributed by atoms with Crippen molar-refractivity contribution in [1.29, 1.82) is 0 Å². The molecule has 1 heterocycles. The van der Waals surface area contributed by atoms with Crippen molar-refractivity contribution in [1.82, 2.24) is 4.90 Å². The van der Waals surface area contributed by atoms with Crippen LogP contribution in [0.4, 0.5) is 10.5 Å². The van der Waals surface area contributed by atoms with Crippen LogP contribution in [0, 0.1) is 11.8 Å². The Balaban J connectivity index is 1.61. The van der Waals surface area contributed by atoms with Crippen LogP contribution in [0.15, 0.2) is 30.3 Å². The maximum Gasteiger partial charge on any atom is 0.409 e. The lowest BCUT2D eigenvalue weighted by atomic mass is 9.97. The van der Waals surface area contributed by atoms with E-state index in [4.69, 9.17) is 4.74 Å². The number of hydrogen-bond donors (Lipinski definition) is 0. The number of amides is 2. The fraction of sp³-hybridized carbons (Fsp3) is 0.619. The average Bonchev–Trinajstić information content (AvgIpc) is 3.52. The molecule has 3 rings (SSSR count). The SMILES string of the molecule is CCCCOC(=O)N1CCC[C@@H](CN(C(=O)C2CC2)c2ccccc2)C1. The van der Waals surface area contributed by atoms with Gasteiger partial charge in [0, 0.05) is 31.2 Å². The Labute approximate surface area is 156 Å². The molecule has 1 aliphatic heterocycles. The molecule has 1 aromatic carbocycles. The highest BCUT2D eigenvalue weighted by Crippen LogP contribution is 2.33. The largest absolute Gasteiger partial charge is 0.449 e. The average molecular weight is 358 g/mol. The quantitative estimate of drug-likeness (QED) is 0.690. The van der Waals surface area contributed by atoms with Crippen LogP contribution in [0.1, 0.15) is 45.4 Å². The van der Waals surface area contributed by atoms with Gasteiger partial charge in [0.1, 0.15) is 0 Å². The van der Waals surface area contributed by atoms with Crippen LogP contribution >= 0.6 is 0 Å². The molecule has 1 aromatic rings. The molecule has 1 saturated heterocycles. The van der Waals surface area contributed by atoms with E-state index in [1.807, 2.05) is 40.1 Å². The van der Waals surface area contributed by atoms with Gasteiger partial charge in [-0.1, -0.05) is 31.5 Å². The van der Waals surface area contributed by atoms with Gasteiger partial charge in [0.2, 0.25) is 5.91 Å². The zero-order chi connectivity index (χ0) is 18.4. The molecular formula is C21H30N2O3. The molecule has 0 N–H and O–H groups in total. The molecule has 2 fully saturated rings. The van der Waals surface area contributed by atoms with Gasteiger partial charge in [-0.05, 0) is 50.2 Å². The Morgan fingerprint density at radius 1 is 1.19 bits per heavy atom. The number of anilines is 1. The Morgan fingerprint density at radius 2 is 1.96 bits per heavy atom. The highest BCUT2D eigenvalue weighted by molar-refractivity contribution is 5.96. The number of carbonyl (C=O) groups is 2. The van der Waals surface area contributed by atoms with E-state index in [0.717, 1.165) is 50.8 Å². The van der Waals surface area contributed by atoms with E-state index in [9.17, 15) is 9.59 Å². The number of piperidine rings is 1. The lowest BCUT2D eigenvalue weighted by Gasteiger charge is -2.35. The van der Waals surface area contributed by atoms with E-state index in [0.29, 0.717) is 25.6 Å². The second-order valence-corrected chi connectivity index (χ2v) is 7.48. The van der Waals surface area contributed by atoms with Gasteiger partial charge in [-0.2, -0.15) is 0 Å². The molecule has 1 atom stereocenters. The number of benzene rings is 1. The van der Waals surface area contributed by atoms with Crippen molar-refractivity contribution in [2.24, 2.45) is 11.8 Å². The number of para-hydroxylation sites is 1. The van der Waals surface area contributed by atoms with Crippen molar-refractivity contribution in [2.75, 3.05) is 31.1 Å². The smallest absolute Gasteiger partial charge is 0.409 e. The molecule has 142 valence electrons. The van der Waals surface area contributed by atoms with E-state index in [1.54, 1.807) is 0 Å². The molecule has 0 spiro atoms. The molecule has 0 unspecified atom stereocenters. The molecule has 26 heavy (non-hydrogen) atoms. The summed E-state index contributed by atoms with van der Waals surface area (Å²) in [5, 5.41) is 0. The minimum absolute atomic E-state index is 0.189. The first-order valence-electron chi connectivity index (χ1n) is 9.97. The predicted octanol–water partition coefficient (Wildman–Crippen LogP) is 4.08. The van der Waals surface area contributed by atoms with E-state index in [1.165, 1.54) is 0 Å². The van der Waals surface area contributed by atoms with E-state index >= 15 is 0 Å². The van der Waals surface area contributed by atoms with Crippen LogP contribution in [-0.2, 0) is 9.53 Å². The molecule has 0 radical (unpaired) electrons. The summed E-state index contributed by atoms with van der Waals surface area (Å²) in [6, 6.07) is 9.92. The molecule has 0 aromatic heterocycles. The number of carbonyl (C=O) groups excluding carboxylic acids is 2. The van der Waals surface area contributed by atoms with Crippen LogP contribution < -0.4 is 4.90 Å². The van der Waals surface area contributed by atoms with Crippen molar-refractivity contribution in [3.63, 3.8) is 0 Å². The second kappa shape index (κ2) is 9.06. The molecular weight excluding hydrogens is 328 g/mol. The van der Waals surface area contributed by atoms with Crippen molar-refractivity contribution in [3.05, 3.63) is 30.3 Å². The minimum Gasteiger partial charge on any atom is -0.449 e. The second-order valence-electron chi connectivity index (χ2n) is 7.48. The zero-order valence-corrected chi connectivity index (χ0v) is 15.7. The topological polar surface area (TPSA) is 49.9 Å². The molecule has 5 nitrogen and oxygen atoms in total. The minimum atomic E-state index is -0.206. The van der Waals surface area contributed by atoms with Gasteiger partial charge >= 0.3 is 6.09 Å². The number of rotatable bonds is 7. The fourth-order valence-corrected chi connectivity index (χ4v) is 3.51. The summed E-state index contributed by atoms with van der Waals surface area (Å²) in [5.74, 6) is 0.720. The third-order valence-electron chi connectivity index (χ3n) is 5.20. The Morgan fingerprint density at radius 3 is 2.65 bits per heavy atom. The summed E-state index contributed by atoms with van der Waals surface area (Å²) in [6.07, 6.45) is 5.73. The van der Waals surface area contributed by atoms with E-state index in [2.05, 4.69) is 6.92 Å². The highest BCUT2D eigenvalue weighted by atomic mass is 16.6. The standard InChI is InChI=1S/C21H30N2O3/c1-2-3-14-26-21(25)22-13-7-8-17(15-22)16-23(20(24)18-11-12-18)19-9-5-4-6-10-19/h4-6,9-10,17-18H,2-3,7-8,11-16H2,1H3/t17-/m1/s1. The maximum absolute atomic E-state index is 12.8. The summed E-state index contributed by atoms with van der Waals surface area (Å²) < 4.78 is 5.36. The van der Waals surface area contributed by atoms with Crippen LogP contribution in [0.3, 0.4) is 0 Å². The number of likely N-dealkylation sites (tertiary alicyclic amines) is 1. The summed E-state index contributed by atoms with van der Waals surface area (Å²) in [7, 11) is 0. The maximum atomic E-state index is 12.8. The number of unbranched alkanes of at least 4 members (excludes halogenated alkanes) is 1. The van der Waals surface area contributed by atoms with Gasteiger partial charge < -0.3 is 14.5 Å². The first-order chi connectivity index (χ1) is 12.7. The van der Waals surface area contributed by atoms with Gasteiger partial charge in [0.25, 0.3) is 0 Å². The molecule has 5 heteroatoms. The van der Waals surface area contributed by atoms with Gasteiger partial charge in [-0.15, -0.1) is 0 Å². The van der Waals surface area contributed by atoms with Gasteiger partial charge in [0.05, 0.1) is 6.61 Å². The molecule has 1 saturated carbocycles.